The Morgan fingerprint density at radius 3 is 2.31 bits per heavy atom. The largest absolute Gasteiger partial charge is 0.326 e. The van der Waals surface area contributed by atoms with E-state index in [-0.39, 0.29) is 11.8 Å². The van der Waals surface area contributed by atoms with Gasteiger partial charge in [-0.15, -0.1) is 0 Å². The second-order valence-electron chi connectivity index (χ2n) is 6.73. The van der Waals surface area contributed by atoms with E-state index < -0.39 is 10.0 Å². The Morgan fingerprint density at radius 1 is 1.00 bits per heavy atom. The van der Waals surface area contributed by atoms with Gasteiger partial charge in [-0.2, -0.15) is 4.31 Å². The predicted octanol–water partition coefficient (Wildman–Crippen LogP) is 3.34. The third-order valence-corrected chi connectivity index (χ3v) is 6.98. The zero-order valence-corrected chi connectivity index (χ0v) is 15.9. The maximum atomic E-state index is 12.7. The summed E-state index contributed by atoms with van der Waals surface area (Å²) in [5.74, 6) is -0.201. The van der Waals surface area contributed by atoms with E-state index in [0.29, 0.717) is 30.8 Å². The molecule has 0 bridgehead atoms. The Kier molecular flexibility index (Phi) is 5.44. The number of sulfonamides is 1. The van der Waals surface area contributed by atoms with Gasteiger partial charge in [0, 0.05) is 24.7 Å². The van der Waals surface area contributed by atoms with E-state index in [0.717, 1.165) is 16.8 Å². The molecule has 0 saturated carbocycles. The van der Waals surface area contributed by atoms with Crippen LogP contribution < -0.4 is 5.32 Å². The van der Waals surface area contributed by atoms with Crippen LogP contribution in [0.2, 0.25) is 0 Å². The maximum Gasteiger partial charge on any atom is 0.243 e. The Morgan fingerprint density at radius 2 is 1.65 bits per heavy atom. The minimum atomic E-state index is -3.48. The summed E-state index contributed by atoms with van der Waals surface area (Å²) in [6, 6.07) is 14.3. The van der Waals surface area contributed by atoms with Crippen molar-refractivity contribution in [3.8, 4) is 0 Å². The van der Waals surface area contributed by atoms with E-state index in [9.17, 15) is 13.2 Å². The smallest absolute Gasteiger partial charge is 0.243 e. The first-order valence-corrected chi connectivity index (χ1v) is 10.3. The number of amides is 1. The Bertz CT molecular complexity index is 887. The first-order chi connectivity index (χ1) is 12.4. The molecule has 1 aliphatic rings. The van der Waals surface area contributed by atoms with E-state index in [1.54, 1.807) is 30.3 Å². The van der Waals surface area contributed by atoms with Crippen molar-refractivity contribution in [3.63, 3.8) is 0 Å². The number of carbonyl (C=O) groups is 1. The lowest BCUT2D eigenvalue weighted by Gasteiger charge is -2.30. The highest BCUT2D eigenvalue weighted by Crippen LogP contribution is 2.26. The fourth-order valence-corrected chi connectivity index (χ4v) is 4.71. The molecule has 0 aromatic heterocycles. The van der Waals surface area contributed by atoms with E-state index in [2.05, 4.69) is 5.32 Å². The molecular weight excluding hydrogens is 348 g/mol. The fourth-order valence-electron chi connectivity index (χ4n) is 3.22. The van der Waals surface area contributed by atoms with Crippen LogP contribution in [0.1, 0.15) is 24.0 Å². The number of benzene rings is 2. The van der Waals surface area contributed by atoms with Gasteiger partial charge in [-0.3, -0.25) is 4.79 Å². The average molecular weight is 372 g/mol. The number of hydrogen-bond acceptors (Lipinski definition) is 3. The zero-order valence-electron chi connectivity index (χ0n) is 15.1. The van der Waals surface area contributed by atoms with Crippen molar-refractivity contribution >= 4 is 21.6 Å². The molecule has 6 heteroatoms. The van der Waals surface area contributed by atoms with Crippen molar-refractivity contribution in [1.82, 2.24) is 4.31 Å². The maximum absolute atomic E-state index is 12.7. The van der Waals surface area contributed by atoms with Gasteiger partial charge in [0.1, 0.15) is 0 Å². The molecule has 2 aromatic rings. The second-order valence-corrected chi connectivity index (χ2v) is 8.67. The summed E-state index contributed by atoms with van der Waals surface area (Å²) in [6.07, 6.45) is 1.06. The summed E-state index contributed by atoms with van der Waals surface area (Å²) >= 11 is 0. The number of carbonyl (C=O) groups excluding carboxylic acids is 1. The number of rotatable bonds is 4. The molecule has 0 radical (unpaired) electrons. The fraction of sp³-hybridized carbons (Fsp3) is 0.350. The van der Waals surface area contributed by atoms with Crippen LogP contribution in [0.25, 0.3) is 0 Å². The molecular formula is C20H24N2O3S. The summed E-state index contributed by atoms with van der Waals surface area (Å²) in [6.45, 7) is 4.72. The van der Waals surface area contributed by atoms with Gasteiger partial charge in [-0.25, -0.2) is 8.42 Å². The minimum absolute atomic E-state index is 0.0320. The molecule has 26 heavy (non-hydrogen) atoms. The third kappa shape index (κ3) is 3.81. The summed E-state index contributed by atoms with van der Waals surface area (Å²) in [4.78, 5) is 12.9. The highest BCUT2D eigenvalue weighted by molar-refractivity contribution is 7.89. The quantitative estimate of drug-likeness (QED) is 0.895. The van der Waals surface area contributed by atoms with Gasteiger partial charge in [-0.05, 0) is 56.0 Å². The summed E-state index contributed by atoms with van der Waals surface area (Å²) in [5, 5.41) is 3.00. The van der Waals surface area contributed by atoms with Gasteiger partial charge in [0.2, 0.25) is 15.9 Å². The molecule has 5 nitrogen and oxygen atoms in total. The lowest BCUT2D eigenvalue weighted by atomic mass is 9.97. The molecule has 1 amide bonds. The highest BCUT2D eigenvalue weighted by atomic mass is 32.2. The van der Waals surface area contributed by atoms with Crippen LogP contribution in [0.5, 0.6) is 0 Å². The molecule has 1 aliphatic heterocycles. The van der Waals surface area contributed by atoms with Crippen molar-refractivity contribution in [2.45, 2.75) is 31.6 Å². The topological polar surface area (TPSA) is 66.5 Å². The first kappa shape index (κ1) is 18.6. The lowest BCUT2D eigenvalue weighted by molar-refractivity contribution is -0.120. The molecule has 1 heterocycles. The number of aryl methyl sites for hydroxylation is 1. The predicted molar refractivity (Wildman–Crippen MR) is 102 cm³/mol. The zero-order chi connectivity index (χ0) is 18.7. The molecule has 1 N–H and O–H groups in total. The van der Waals surface area contributed by atoms with E-state index >= 15 is 0 Å². The lowest BCUT2D eigenvalue weighted by Crippen LogP contribution is -2.41. The Labute approximate surface area is 155 Å². The third-order valence-electron chi connectivity index (χ3n) is 5.07. The molecule has 138 valence electrons. The van der Waals surface area contributed by atoms with Gasteiger partial charge in [-0.1, -0.05) is 30.3 Å². The normalized spacial score (nSPS) is 16.4. The Hall–Kier alpha value is -2.18. The molecule has 0 atom stereocenters. The van der Waals surface area contributed by atoms with Crippen LogP contribution in [-0.2, 0) is 14.8 Å². The summed E-state index contributed by atoms with van der Waals surface area (Å²) in [7, 11) is -3.48. The van der Waals surface area contributed by atoms with Crippen molar-refractivity contribution in [2.75, 3.05) is 18.4 Å². The summed E-state index contributed by atoms with van der Waals surface area (Å²) in [5.41, 5.74) is 3.02. The van der Waals surface area contributed by atoms with Crippen molar-refractivity contribution in [2.24, 2.45) is 5.92 Å². The number of nitrogens with one attached hydrogen (secondary N) is 1. The van der Waals surface area contributed by atoms with E-state index in [1.165, 1.54) is 4.31 Å². The molecule has 2 aromatic carbocycles. The molecule has 0 unspecified atom stereocenters. The van der Waals surface area contributed by atoms with Gasteiger partial charge < -0.3 is 5.32 Å². The van der Waals surface area contributed by atoms with Crippen LogP contribution in [0.15, 0.2) is 53.4 Å². The number of anilines is 1. The van der Waals surface area contributed by atoms with Crippen LogP contribution >= 0.6 is 0 Å². The van der Waals surface area contributed by atoms with Crippen LogP contribution in [0.4, 0.5) is 5.69 Å². The van der Waals surface area contributed by atoms with Gasteiger partial charge in [0.25, 0.3) is 0 Å². The van der Waals surface area contributed by atoms with E-state index in [4.69, 9.17) is 0 Å². The molecule has 1 saturated heterocycles. The summed E-state index contributed by atoms with van der Waals surface area (Å²) < 4.78 is 26.8. The molecule has 0 aliphatic carbocycles. The molecule has 1 fully saturated rings. The van der Waals surface area contributed by atoms with Crippen molar-refractivity contribution in [3.05, 3.63) is 59.7 Å². The number of nitrogens with zero attached hydrogens (tertiary/aromatic N) is 1. The van der Waals surface area contributed by atoms with Gasteiger partial charge in [0.15, 0.2) is 0 Å². The number of piperidine rings is 1. The van der Waals surface area contributed by atoms with Gasteiger partial charge >= 0.3 is 0 Å². The standard InChI is InChI=1S/C20H24N2O3S/c1-15-7-6-10-19(16(15)2)21-20(23)17-11-13-22(14-12-17)26(24,25)18-8-4-3-5-9-18/h3-10,17H,11-14H2,1-2H3,(H,21,23). The monoisotopic (exact) mass is 372 g/mol. The van der Waals surface area contributed by atoms with Crippen LogP contribution in [-0.4, -0.2) is 31.7 Å². The van der Waals surface area contributed by atoms with E-state index in [1.807, 2.05) is 32.0 Å². The van der Waals surface area contributed by atoms with Crippen LogP contribution in [0.3, 0.4) is 0 Å². The highest BCUT2D eigenvalue weighted by Gasteiger charge is 2.32. The van der Waals surface area contributed by atoms with Crippen LogP contribution in [0, 0.1) is 19.8 Å². The van der Waals surface area contributed by atoms with Crippen molar-refractivity contribution in [1.29, 1.82) is 0 Å². The molecule has 0 spiro atoms. The second kappa shape index (κ2) is 7.60. The SMILES string of the molecule is Cc1cccc(NC(=O)C2CCN(S(=O)(=O)c3ccccc3)CC2)c1C. The minimum Gasteiger partial charge on any atom is -0.326 e. The van der Waals surface area contributed by atoms with Gasteiger partial charge in [0.05, 0.1) is 4.90 Å². The van der Waals surface area contributed by atoms with Crippen molar-refractivity contribution < 1.29 is 13.2 Å². The Balaban J connectivity index is 1.63. The number of hydrogen-bond donors (Lipinski definition) is 1. The molecule has 3 rings (SSSR count). The first-order valence-electron chi connectivity index (χ1n) is 8.82. The average Bonchev–Trinajstić information content (AvgIpc) is 2.66.